The van der Waals surface area contributed by atoms with E-state index in [4.69, 9.17) is 10.2 Å². The molecule has 27 heavy (non-hydrogen) atoms. The monoisotopic (exact) mass is 394 g/mol. The molecule has 1 aliphatic carbocycles. The van der Waals surface area contributed by atoms with E-state index in [1.165, 1.54) is 32.1 Å². The van der Waals surface area contributed by atoms with Crippen LogP contribution >= 0.6 is 0 Å². The van der Waals surface area contributed by atoms with E-state index in [9.17, 15) is 4.79 Å². The molecule has 2 rings (SSSR count). The topological polar surface area (TPSA) is 76.0 Å². The Morgan fingerprint density at radius 1 is 0.815 bits per heavy atom. The van der Waals surface area contributed by atoms with Crippen LogP contribution in [0.15, 0.2) is 0 Å². The standard InChI is InChI=1S/C9H18O.C5H8O3.C2H6O.3C2H6/c1-2-8-3-5-9(7-10)6-4-8;1-2-4-3-7-5(6)8-4;1-2-3;3*1-2/h8-10H,2-7H2,1H3;4H,2-3H2,1H3;3H,2H2,1H3;3*1-2H3. The first kappa shape index (κ1) is 33.8. The number of hydrogen-bond acceptors (Lipinski definition) is 5. The summed E-state index contributed by atoms with van der Waals surface area (Å²) in [6.45, 7) is 19.0. The molecule has 5 nitrogen and oxygen atoms in total. The third kappa shape index (κ3) is 23.2. The van der Waals surface area contributed by atoms with Crippen molar-refractivity contribution >= 4 is 6.16 Å². The van der Waals surface area contributed by atoms with Crippen LogP contribution in [0.5, 0.6) is 0 Å². The number of carbonyl (C=O) groups excluding carboxylic acids is 1. The molecule has 168 valence electrons. The zero-order valence-electron chi connectivity index (χ0n) is 19.7. The fourth-order valence-electron chi connectivity index (χ4n) is 2.39. The molecule has 1 unspecified atom stereocenters. The first-order valence-corrected chi connectivity index (χ1v) is 11.2. The minimum absolute atomic E-state index is 0.00231. The van der Waals surface area contributed by atoms with Crippen LogP contribution in [-0.2, 0) is 9.47 Å². The summed E-state index contributed by atoms with van der Waals surface area (Å²) in [5.41, 5.74) is 0. The van der Waals surface area contributed by atoms with Gasteiger partial charge in [0.25, 0.3) is 0 Å². The van der Waals surface area contributed by atoms with E-state index in [2.05, 4.69) is 16.4 Å². The van der Waals surface area contributed by atoms with Gasteiger partial charge in [0.1, 0.15) is 12.7 Å². The quantitative estimate of drug-likeness (QED) is 0.557. The highest BCUT2D eigenvalue weighted by atomic mass is 16.8. The first-order valence-electron chi connectivity index (χ1n) is 11.2. The van der Waals surface area contributed by atoms with Gasteiger partial charge >= 0.3 is 6.16 Å². The Balaban J connectivity index is -0.000000139. The second-order valence-electron chi connectivity index (χ2n) is 5.50. The summed E-state index contributed by atoms with van der Waals surface area (Å²) in [4.78, 5) is 10.2. The largest absolute Gasteiger partial charge is 0.508 e. The number of carbonyl (C=O) groups is 1. The molecular weight excluding hydrogens is 344 g/mol. The Morgan fingerprint density at radius 3 is 1.44 bits per heavy atom. The van der Waals surface area contributed by atoms with Crippen molar-refractivity contribution in [3.05, 3.63) is 0 Å². The van der Waals surface area contributed by atoms with Gasteiger partial charge in [0.15, 0.2) is 0 Å². The molecule has 1 atom stereocenters. The van der Waals surface area contributed by atoms with Gasteiger partial charge in [-0.05, 0) is 38.0 Å². The molecule has 2 N–H and O–H groups in total. The summed E-state index contributed by atoms with van der Waals surface area (Å²) in [6, 6.07) is 0. The van der Waals surface area contributed by atoms with E-state index in [0.717, 1.165) is 12.3 Å². The molecule has 1 saturated carbocycles. The summed E-state index contributed by atoms with van der Waals surface area (Å²) in [5, 5.41) is 16.4. The van der Waals surface area contributed by atoms with E-state index in [1.807, 2.05) is 48.5 Å². The van der Waals surface area contributed by atoms with Crippen LogP contribution in [-0.4, -0.2) is 42.3 Å². The van der Waals surface area contributed by atoms with Gasteiger partial charge in [0.05, 0.1) is 0 Å². The van der Waals surface area contributed by atoms with E-state index < -0.39 is 6.16 Å². The van der Waals surface area contributed by atoms with Crippen LogP contribution in [0.2, 0.25) is 0 Å². The van der Waals surface area contributed by atoms with Crippen molar-refractivity contribution < 1.29 is 24.5 Å². The predicted molar refractivity (Wildman–Crippen MR) is 116 cm³/mol. The molecule has 5 heteroatoms. The second-order valence-corrected chi connectivity index (χ2v) is 5.50. The maximum absolute atomic E-state index is 10.2. The highest BCUT2D eigenvalue weighted by molar-refractivity contribution is 5.61. The number of rotatable bonds is 3. The van der Waals surface area contributed by atoms with Gasteiger partial charge in [-0.15, -0.1) is 0 Å². The number of aliphatic hydroxyl groups is 2. The SMILES string of the molecule is CC.CC.CC.CCC1CCC(CO)CC1.CCC1COC(=O)O1.CCO. The van der Waals surface area contributed by atoms with E-state index in [0.29, 0.717) is 19.1 Å². The molecule has 1 heterocycles. The molecule has 0 radical (unpaired) electrons. The number of ether oxygens (including phenoxy) is 2. The number of cyclic esters (lactones) is 2. The Hall–Kier alpha value is -0.810. The summed E-state index contributed by atoms with van der Waals surface area (Å²) in [6.07, 6.45) is 6.86. The maximum atomic E-state index is 10.2. The summed E-state index contributed by atoms with van der Waals surface area (Å²) in [7, 11) is 0. The van der Waals surface area contributed by atoms with Crippen molar-refractivity contribution in [1.29, 1.82) is 0 Å². The predicted octanol–water partition coefficient (Wildman–Crippen LogP) is 6.20. The Kier molecular flexibility index (Phi) is 37.4. The minimum Gasteiger partial charge on any atom is -0.430 e. The van der Waals surface area contributed by atoms with Gasteiger partial charge in [0.2, 0.25) is 0 Å². The smallest absolute Gasteiger partial charge is 0.430 e. The molecule has 0 aromatic rings. The fraction of sp³-hybridized carbons (Fsp3) is 0.955. The normalized spacial score (nSPS) is 22.0. The van der Waals surface area contributed by atoms with Crippen molar-refractivity contribution in [2.45, 2.75) is 107 Å². The van der Waals surface area contributed by atoms with Crippen LogP contribution in [0.3, 0.4) is 0 Å². The lowest BCUT2D eigenvalue weighted by molar-refractivity contribution is 0.117. The van der Waals surface area contributed by atoms with Crippen LogP contribution in [0.25, 0.3) is 0 Å². The number of aliphatic hydroxyl groups excluding tert-OH is 2. The van der Waals surface area contributed by atoms with Crippen molar-refractivity contribution in [2.75, 3.05) is 19.8 Å². The molecule has 1 aliphatic heterocycles. The molecule has 0 spiro atoms. The molecule has 0 aromatic carbocycles. The van der Waals surface area contributed by atoms with E-state index in [1.54, 1.807) is 6.92 Å². The van der Waals surface area contributed by atoms with Crippen LogP contribution in [0, 0.1) is 11.8 Å². The lowest BCUT2D eigenvalue weighted by Gasteiger charge is -2.26. The Labute approximate surface area is 169 Å². The van der Waals surface area contributed by atoms with Crippen molar-refractivity contribution in [3.8, 4) is 0 Å². The lowest BCUT2D eigenvalue weighted by Crippen LogP contribution is -2.16. The average Bonchev–Trinajstić information content (AvgIpc) is 3.19. The molecule has 1 saturated heterocycles. The van der Waals surface area contributed by atoms with Crippen molar-refractivity contribution in [1.82, 2.24) is 0 Å². The highest BCUT2D eigenvalue weighted by Gasteiger charge is 2.22. The van der Waals surface area contributed by atoms with Crippen LogP contribution < -0.4 is 0 Å². The second kappa shape index (κ2) is 29.9. The van der Waals surface area contributed by atoms with Gasteiger partial charge in [0, 0.05) is 13.2 Å². The zero-order valence-corrected chi connectivity index (χ0v) is 19.7. The van der Waals surface area contributed by atoms with Crippen molar-refractivity contribution in [2.24, 2.45) is 11.8 Å². The highest BCUT2D eigenvalue weighted by Crippen LogP contribution is 2.29. The molecule has 0 amide bonds. The fourth-order valence-corrected chi connectivity index (χ4v) is 2.39. The van der Waals surface area contributed by atoms with E-state index >= 15 is 0 Å². The molecule has 2 fully saturated rings. The zero-order chi connectivity index (χ0) is 22.1. The Bertz CT molecular complexity index is 239. The van der Waals surface area contributed by atoms with Crippen LogP contribution in [0.1, 0.15) is 101 Å². The lowest BCUT2D eigenvalue weighted by atomic mass is 9.81. The third-order valence-corrected chi connectivity index (χ3v) is 3.91. The van der Waals surface area contributed by atoms with Crippen molar-refractivity contribution in [3.63, 3.8) is 0 Å². The summed E-state index contributed by atoms with van der Waals surface area (Å²) >= 11 is 0. The number of hydrogen-bond donors (Lipinski definition) is 2. The summed E-state index contributed by atoms with van der Waals surface area (Å²) in [5.74, 6) is 1.59. The Morgan fingerprint density at radius 2 is 1.22 bits per heavy atom. The van der Waals surface area contributed by atoms with Gasteiger partial charge in [-0.2, -0.15) is 0 Å². The van der Waals surface area contributed by atoms with Gasteiger partial charge in [-0.25, -0.2) is 4.79 Å². The summed E-state index contributed by atoms with van der Waals surface area (Å²) < 4.78 is 9.14. The van der Waals surface area contributed by atoms with Crippen LogP contribution in [0.4, 0.5) is 4.79 Å². The van der Waals surface area contributed by atoms with Gasteiger partial charge < -0.3 is 19.7 Å². The van der Waals surface area contributed by atoms with E-state index in [-0.39, 0.29) is 12.7 Å². The van der Waals surface area contributed by atoms with Gasteiger partial charge in [-0.3, -0.25) is 0 Å². The molecule has 0 aromatic heterocycles. The maximum Gasteiger partial charge on any atom is 0.508 e. The third-order valence-electron chi connectivity index (χ3n) is 3.91. The molecule has 2 aliphatic rings. The minimum atomic E-state index is -0.531. The molecular formula is C22H50O5. The molecule has 0 bridgehead atoms. The average molecular weight is 395 g/mol. The first-order chi connectivity index (χ1) is 13.1. The van der Waals surface area contributed by atoms with Gasteiger partial charge in [-0.1, -0.05) is 74.7 Å².